The van der Waals surface area contributed by atoms with Gasteiger partial charge in [-0.2, -0.15) is 39.5 Å². The molecule has 1 aromatic rings. The fourth-order valence-electron chi connectivity index (χ4n) is 1.19. The van der Waals surface area contributed by atoms with E-state index in [1.165, 1.54) is 0 Å². The van der Waals surface area contributed by atoms with Gasteiger partial charge in [-0.25, -0.2) is 0 Å². The first kappa shape index (κ1) is 20.4. The zero-order valence-corrected chi connectivity index (χ0v) is 11.3. The molecule has 0 saturated carbocycles. The van der Waals surface area contributed by atoms with Gasteiger partial charge in [-0.15, -0.1) is 0 Å². The fourth-order valence-corrected chi connectivity index (χ4v) is 1.19. The smallest absolute Gasteiger partial charge is 0.427 e. The molecule has 0 aliphatic heterocycles. The van der Waals surface area contributed by atoms with Crippen LogP contribution < -0.4 is 4.74 Å². The number of benzene rings is 1. The summed E-state index contributed by atoms with van der Waals surface area (Å²) in [6, 6.07) is -2.98. The zero-order valence-electron chi connectivity index (χ0n) is 11.3. The van der Waals surface area contributed by atoms with Gasteiger partial charge in [0, 0.05) is 6.07 Å². The maximum Gasteiger partial charge on any atom is 0.476 e. The molecule has 1 aromatic carbocycles. The molecule has 0 N–H and O–H groups in total. The molecular weight excluding hydrogens is 381 g/mol. The third-order valence-corrected chi connectivity index (χ3v) is 2.33. The number of ether oxygens (including phenoxy) is 2. The first-order valence-corrected chi connectivity index (χ1v) is 5.68. The van der Waals surface area contributed by atoms with Crippen molar-refractivity contribution in [1.29, 1.82) is 0 Å². The predicted octanol–water partition coefficient (Wildman–Crippen LogP) is 4.85. The van der Waals surface area contributed by atoms with E-state index in [1.54, 1.807) is 0 Å². The van der Waals surface area contributed by atoms with Crippen molar-refractivity contribution >= 4 is 5.69 Å². The number of halogens is 9. The lowest BCUT2D eigenvalue weighted by Crippen LogP contribution is -2.53. The molecule has 0 atom stereocenters. The highest BCUT2D eigenvalue weighted by molar-refractivity contribution is 5.38. The lowest BCUT2D eigenvalue weighted by molar-refractivity contribution is -0.419. The lowest BCUT2D eigenvalue weighted by Gasteiger charge is -2.26. The van der Waals surface area contributed by atoms with Crippen LogP contribution in [0.4, 0.5) is 45.2 Å². The van der Waals surface area contributed by atoms with Crippen LogP contribution in [0.1, 0.15) is 0 Å². The van der Waals surface area contributed by atoms with Gasteiger partial charge < -0.3 is 9.47 Å². The summed E-state index contributed by atoms with van der Waals surface area (Å²) in [5, 5.41) is 10.4. The number of hydrogen-bond donors (Lipinski definition) is 0. The molecule has 0 spiro atoms. The van der Waals surface area contributed by atoms with Crippen molar-refractivity contribution < 1.29 is 53.9 Å². The van der Waals surface area contributed by atoms with Gasteiger partial charge in [-0.3, -0.25) is 10.1 Å². The molecule has 0 radical (unpaired) electrons. The highest BCUT2D eigenvalue weighted by Gasteiger charge is 2.76. The maximum atomic E-state index is 13.2. The Morgan fingerprint density at radius 3 is 2.04 bits per heavy atom. The van der Waals surface area contributed by atoms with Gasteiger partial charge in [0.15, 0.2) is 0 Å². The normalized spacial score (nSPS) is 14.0. The minimum Gasteiger partial charge on any atom is -0.427 e. The monoisotopic (exact) mass is 385 g/mol. The van der Waals surface area contributed by atoms with Crippen LogP contribution in [0.25, 0.3) is 0 Å². The molecule has 140 valence electrons. The van der Waals surface area contributed by atoms with Crippen molar-refractivity contribution in [1.82, 2.24) is 0 Å². The number of alkyl halides is 7. The van der Waals surface area contributed by atoms with Gasteiger partial charge >= 0.3 is 30.2 Å². The highest BCUT2D eigenvalue weighted by Crippen LogP contribution is 2.48. The molecule has 14 heteroatoms. The van der Waals surface area contributed by atoms with E-state index in [2.05, 4.69) is 9.47 Å². The SMILES string of the molecule is O=[N+]([O-])c1cccc(O/C(F)=C(\F)OC(F)(F)C(F)(F)C(F)(F)F)c1. The van der Waals surface area contributed by atoms with Crippen molar-refractivity contribution in [3.05, 3.63) is 46.4 Å². The minimum absolute atomic E-state index is 0.481. The Kier molecular flexibility index (Phi) is 5.44. The Bertz CT molecular complexity index is 686. The van der Waals surface area contributed by atoms with Crippen molar-refractivity contribution in [3.8, 4) is 5.75 Å². The van der Waals surface area contributed by atoms with Crippen LogP contribution in [-0.2, 0) is 4.74 Å². The van der Waals surface area contributed by atoms with Crippen LogP contribution >= 0.6 is 0 Å². The van der Waals surface area contributed by atoms with E-state index in [-0.39, 0.29) is 0 Å². The van der Waals surface area contributed by atoms with Crippen LogP contribution in [0.2, 0.25) is 0 Å². The molecule has 0 unspecified atom stereocenters. The second-order valence-electron chi connectivity index (χ2n) is 4.09. The summed E-state index contributed by atoms with van der Waals surface area (Å²) < 4.78 is 118. The Labute approximate surface area is 131 Å². The summed E-state index contributed by atoms with van der Waals surface area (Å²) in [5.74, 6) is -7.69. The molecular formula is C11H4F9NO4. The molecule has 0 heterocycles. The molecule has 0 aromatic heterocycles. The van der Waals surface area contributed by atoms with Gasteiger partial charge in [-0.1, -0.05) is 6.07 Å². The number of rotatable bonds is 6. The van der Waals surface area contributed by atoms with Crippen molar-refractivity contribution in [2.45, 2.75) is 18.2 Å². The van der Waals surface area contributed by atoms with Gasteiger partial charge in [0.2, 0.25) is 0 Å². The van der Waals surface area contributed by atoms with Gasteiger partial charge in [-0.05, 0) is 6.07 Å². The lowest BCUT2D eigenvalue weighted by atomic mass is 10.3. The van der Waals surface area contributed by atoms with Crippen molar-refractivity contribution in [3.63, 3.8) is 0 Å². The second kappa shape index (κ2) is 6.68. The summed E-state index contributed by atoms with van der Waals surface area (Å²) in [6.07, 6.45) is -13.3. The highest BCUT2D eigenvalue weighted by atomic mass is 19.4. The topological polar surface area (TPSA) is 61.6 Å². The largest absolute Gasteiger partial charge is 0.476 e. The first-order chi connectivity index (χ1) is 11.2. The minimum atomic E-state index is -6.84. The van der Waals surface area contributed by atoms with E-state index < -0.39 is 46.6 Å². The zero-order chi connectivity index (χ0) is 19.6. The summed E-state index contributed by atoms with van der Waals surface area (Å²) in [5.41, 5.74) is -0.708. The number of hydrogen-bond acceptors (Lipinski definition) is 4. The van der Waals surface area contributed by atoms with E-state index in [0.29, 0.717) is 6.07 Å². The van der Waals surface area contributed by atoms with E-state index in [0.717, 1.165) is 18.2 Å². The van der Waals surface area contributed by atoms with Crippen LogP contribution in [-0.4, -0.2) is 23.1 Å². The average molecular weight is 385 g/mol. The van der Waals surface area contributed by atoms with Crippen molar-refractivity contribution in [2.75, 3.05) is 0 Å². The number of non-ortho nitro benzene ring substituents is 1. The Morgan fingerprint density at radius 1 is 1.00 bits per heavy atom. The Morgan fingerprint density at radius 2 is 1.56 bits per heavy atom. The average Bonchev–Trinajstić information content (AvgIpc) is 2.45. The molecule has 0 amide bonds. The summed E-state index contributed by atoms with van der Waals surface area (Å²) in [4.78, 5) is 9.42. The molecule has 0 saturated heterocycles. The quantitative estimate of drug-likeness (QED) is 0.304. The van der Waals surface area contributed by atoms with Crippen LogP contribution in [0, 0.1) is 10.1 Å². The molecule has 0 bridgehead atoms. The molecule has 25 heavy (non-hydrogen) atoms. The third kappa shape index (κ3) is 4.45. The van der Waals surface area contributed by atoms with Crippen molar-refractivity contribution in [2.24, 2.45) is 0 Å². The molecule has 0 fully saturated rings. The maximum absolute atomic E-state index is 13.2. The predicted molar refractivity (Wildman–Crippen MR) is 60.0 cm³/mol. The van der Waals surface area contributed by atoms with E-state index in [9.17, 15) is 49.6 Å². The van der Waals surface area contributed by atoms with E-state index >= 15 is 0 Å². The van der Waals surface area contributed by atoms with Gasteiger partial charge in [0.1, 0.15) is 5.75 Å². The van der Waals surface area contributed by atoms with Crippen LogP contribution in [0.5, 0.6) is 5.75 Å². The van der Waals surface area contributed by atoms with E-state index in [4.69, 9.17) is 0 Å². The summed E-state index contributed by atoms with van der Waals surface area (Å²) in [7, 11) is 0. The standard InChI is InChI=1S/C11H4F9NO4/c12-7(24-6-3-1-2-5(4-6)21(22)23)8(13)25-11(19,20)9(14,15)10(16,17)18/h1-4H/b8-7+. The molecule has 5 nitrogen and oxygen atoms in total. The Balaban J connectivity index is 3.02. The third-order valence-electron chi connectivity index (χ3n) is 2.33. The fraction of sp³-hybridized carbons (Fsp3) is 0.273. The Hall–Kier alpha value is -2.67. The number of nitrogens with zero attached hydrogens (tertiary/aromatic N) is 1. The number of nitro benzene ring substituents is 1. The van der Waals surface area contributed by atoms with Crippen LogP contribution in [0.3, 0.4) is 0 Å². The second-order valence-corrected chi connectivity index (χ2v) is 4.09. The molecule has 0 aliphatic carbocycles. The molecule has 0 aliphatic rings. The van der Waals surface area contributed by atoms with Gasteiger partial charge in [0.05, 0.1) is 11.0 Å². The van der Waals surface area contributed by atoms with Gasteiger partial charge in [0.25, 0.3) is 5.69 Å². The van der Waals surface area contributed by atoms with E-state index in [1.807, 2.05) is 0 Å². The summed E-state index contributed by atoms with van der Waals surface area (Å²) in [6.45, 7) is 0. The molecule has 1 rings (SSSR count). The first-order valence-electron chi connectivity index (χ1n) is 5.68. The van der Waals surface area contributed by atoms with Crippen LogP contribution in [0.15, 0.2) is 36.3 Å². The number of nitro groups is 1. The summed E-state index contributed by atoms with van der Waals surface area (Å²) >= 11 is 0.